The second-order valence-electron chi connectivity index (χ2n) is 5.24. The van der Waals surface area contributed by atoms with Crippen LogP contribution in [0.15, 0.2) is 24.3 Å². The molecule has 1 aromatic carbocycles. The largest absolute Gasteiger partial charge is 0.374 e. The van der Waals surface area contributed by atoms with Gasteiger partial charge in [-0.1, -0.05) is 32.9 Å². The van der Waals surface area contributed by atoms with Crippen LogP contribution >= 0.6 is 0 Å². The van der Waals surface area contributed by atoms with Gasteiger partial charge in [0.15, 0.2) is 0 Å². The summed E-state index contributed by atoms with van der Waals surface area (Å²) in [5.41, 5.74) is 8.73. The fraction of sp³-hybridized carbons (Fsp3) is 0.600. The first-order valence-electron chi connectivity index (χ1n) is 6.55. The molecule has 2 N–H and O–H groups in total. The van der Waals surface area contributed by atoms with E-state index in [-0.39, 0.29) is 5.41 Å². The van der Waals surface area contributed by atoms with E-state index >= 15 is 0 Å². The Morgan fingerprint density at radius 1 is 1.18 bits per heavy atom. The molecule has 1 unspecified atom stereocenters. The Balaban J connectivity index is 2.71. The summed E-state index contributed by atoms with van der Waals surface area (Å²) in [7, 11) is 2.14. The number of benzene rings is 1. The zero-order chi connectivity index (χ0) is 12.9. The maximum atomic E-state index is 5.86. The highest BCUT2D eigenvalue weighted by Crippen LogP contribution is 2.24. The molecule has 96 valence electrons. The molecule has 0 aromatic heterocycles. The summed E-state index contributed by atoms with van der Waals surface area (Å²) in [4.78, 5) is 2.30. The molecule has 0 heterocycles. The molecule has 1 aromatic rings. The van der Waals surface area contributed by atoms with Crippen molar-refractivity contribution in [3.8, 4) is 0 Å². The quantitative estimate of drug-likeness (QED) is 0.819. The first-order valence-corrected chi connectivity index (χ1v) is 6.55. The van der Waals surface area contributed by atoms with Gasteiger partial charge in [0, 0.05) is 19.3 Å². The second-order valence-corrected chi connectivity index (χ2v) is 5.24. The van der Waals surface area contributed by atoms with Gasteiger partial charge in [0.1, 0.15) is 0 Å². The fourth-order valence-electron chi connectivity index (χ4n) is 1.97. The molecule has 17 heavy (non-hydrogen) atoms. The molecule has 0 spiro atoms. The van der Waals surface area contributed by atoms with Gasteiger partial charge in [-0.25, -0.2) is 0 Å². The predicted octanol–water partition coefficient (Wildman–Crippen LogP) is 3.06. The molecule has 0 amide bonds. The summed E-state index contributed by atoms with van der Waals surface area (Å²) in [6, 6.07) is 8.81. The Labute approximate surface area is 106 Å². The van der Waals surface area contributed by atoms with Crippen molar-refractivity contribution < 1.29 is 0 Å². The van der Waals surface area contributed by atoms with Crippen LogP contribution in [0.5, 0.6) is 0 Å². The number of anilines is 1. The lowest BCUT2D eigenvalue weighted by Crippen LogP contribution is -2.38. The third-order valence-electron chi connectivity index (χ3n) is 3.75. The molecule has 0 aliphatic rings. The van der Waals surface area contributed by atoms with E-state index in [9.17, 15) is 0 Å². The minimum absolute atomic E-state index is 0.207. The molecule has 1 rings (SSSR count). The molecule has 0 saturated carbocycles. The van der Waals surface area contributed by atoms with E-state index in [0.717, 1.165) is 25.9 Å². The summed E-state index contributed by atoms with van der Waals surface area (Å²) in [5, 5.41) is 0. The van der Waals surface area contributed by atoms with Gasteiger partial charge in [-0.2, -0.15) is 0 Å². The number of rotatable bonds is 6. The van der Waals surface area contributed by atoms with Crippen molar-refractivity contribution >= 4 is 5.69 Å². The SMILES string of the molecule is CCc1ccc(N(C)CC(C)(CC)CN)cc1. The summed E-state index contributed by atoms with van der Waals surface area (Å²) in [6.07, 6.45) is 2.21. The monoisotopic (exact) mass is 234 g/mol. The normalized spacial score (nSPS) is 14.4. The van der Waals surface area contributed by atoms with Gasteiger partial charge >= 0.3 is 0 Å². The highest BCUT2D eigenvalue weighted by atomic mass is 15.1. The maximum Gasteiger partial charge on any atom is 0.0363 e. The molecule has 0 bridgehead atoms. The van der Waals surface area contributed by atoms with Crippen molar-refractivity contribution in [2.75, 3.05) is 25.0 Å². The van der Waals surface area contributed by atoms with Gasteiger partial charge in [-0.3, -0.25) is 0 Å². The first-order chi connectivity index (χ1) is 8.04. The topological polar surface area (TPSA) is 29.3 Å². The summed E-state index contributed by atoms with van der Waals surface area (Å²) >= 11 is 0. The molecule has 0 aliphatic carbocycles. The maximum absolute atomic E-state index is 5.86. The van der Waals surface area contributed by atoms with E-state index in [4.69, 9.17) is 5.73 Å². The molecular formula is C15H26N2. The second kappa shape index (κ2) is 6.06. The minimum atomic E-state index is 0.207. The van der Waals surface area contributed by atoms with Crippen LogP contribution in [-0.4, -0.2) is 20.1 Å². The Kier molecular flexibility index (Phi) is 5.01. The number of aryl methyl sites for hydroxylation is 1. The fourth-order valence-corrected chi connectivity index (χ4v) is 1.97. The number of hydrogen-bond acceptors (Lipinski definition) is 2. The van der Waals surface area contributed by atoms with Gasteiger partial charge in [0.25, 0.3) is 0 Å². The summed E-state index contributed by atoms with van der Waals surface area (Å²) < 4.78 is 0. The van der Waals surface area contributed by atoms with Gasteiger partial charge in [0.2, 0.25) is 0 Å². The lowest BCUT2D eigenvalue weighted by molar-refractivity contribution is 0.330. The minimum Gasteiger partial charge on any atom is -0.374 e. The van der Waals surface area contributed by atoms with Gasteiger partial charge in [0.05, 0.1) is 0 Å². The summed E-state index contributed by atoms with van der Waals surface area (Å²) in [5.74, 6) is 0. The van der Waals surface area contributed by atoms with E-state index in [1.54, 1.807) is 0 Å². The highest BCUT2D eigenvalue weighted by Gasteiger charge is 2.22. The van der Waals surface area contributed by atoms with E-state index in [0.29, 0.717) is 0 Å². The van der Waals surface area contributed by atoms with Crippen molar-refractivity contribution in [2.24, 2.45) is 11.1 Å². The third-order valence-corrected chi connectivity index (χ3v) is 3.75. The van der Waals surface area contributed by atoms with E-state index in [2.05, 4.69) is 57.0 Å². The molecule has 0 fully saturated rings. The molecule has 2 nitrogen and oxygen atoms in total. The highest BCUT2D eigenvalue weighted by molar-refractivity contribution is 5.47. The van der Waals surface area contributed by atoms with Crippen molar-refractivity contribution in [1.82, 2.24) is 0 Å². The van der Waals surface area contributed by atoms with Crippen LogP contribution in [-0.2, 0) is 6.42 Å². The smallest absolute Gasteiger partial charge is 0.0363 e. The molecule has 2 heteroatoms. The van der Waals surface area contributed by atoms with Crippen molar-refractivity contribution in [3.63, 3.8) is 0 Å². The van der Waals surface area contributed by atoms with Crippen LogP contribution in [0.4, 0.5) is 5.69 Å². The van der Waals surface area contributed by atoms with Gasteiger partial charge < -0.3 is 10.6 Å². The average molecular weight is 234 g/mol. The number of hydrogen-bond donors (Lipinski definition) is 1. The van der Waals surface area contributed by atoms with Crippen molar-refractivity contribution in [3.05, 3.63) is 29.8 Å². The predicted molar refractivity (Wildman–Crippen MR) is 76.5 cm³/mol. The van der Waals surface area contributed by atoms with E-state index < -0.39 is 0 Å². The first kappa shape index (κ1) is 14.0. The van der Waals surface area contributed by atoms with Crippen molar-refractivity contribution in [1.29, 1.82) is 0 Å². The van der Waals surface area contributed by atoms with E-state index in [1.165, 1.54) is 11.3 Å². The molecule has 0 radical (unpaired) electrons. The van der Waals surface area contributed by atoms with Crippen molar-refractivity contribution in [2.45, 2.75) is 33.6 Å². The lowest BCUT2D eigenvalue weighted by atomic mass is 9.87. The zero-order valence-electron chi connectivity index (χ0n) is 11.7. The Hall–Kier alpha value is -1.02. The number of nitrogens with zero attached hydrogens (tertiary/aromatic N) is 1. The number of nitrogens with two attached hydrogens (primary N) is 1. The standard InChI is InChI=1S/C15H26N2/c1-5-13-7-9-14(10-8-13)17(4)12-15(3,6-2)11-16/h7-10H,5-6,11-12,16H2,1-4H3. The Bertz CT molecular complexity index is 325. The van der Waals surface area contributed by atoms with Gasteiger partial charge in [-0.15, -0.1) is 0 Å². The zero-order valence-corrected chi connectivity index (χ0v) is 11.7. The van der Waals surface area contributed by atoms with Crippen LogP contribution in [0.25, 0.3) is 0 Å². The molecule has 0 saturated heterocycles. The van der Waals surface area contributed by atoms with Crippen LogP contribution in [0.2, 0.25) is 0 Å². The molecule has 0 aliphatic heterocycles. The molecular weight excluding hydrogens is 208 g/mol. The van der Waals surface area contributed by atoms with Crippen LogP contribution < -0.4 is 10.6 Å². The van der Waals surface area contributed by atoms with Crippen LogP contribution in [0.3, 0.4) is 0 Å². The molecule has 1 atom stereocenters. The summed E-state index contributed by atoms with van der Waals surface area (Å²) in [6.45, 7) is 8.39. The third kappa shape index (κ3) is 3.74. The average Bonchev–Trinajstić information content (AvgIpc) is 2.38. The Morgan fingerprint density at radius 3 is 2.18 bits per heavy atom. The van der Waals surface area contributed by atoms with Gasteiger partial charge in [-0.05, 0) is 42.5 Å². The van der Waals surface area contributed by atoms with Crippen LogP contribution in [0.1, 0.15) is 32.8 Å². The van der Waals surface area contributed by atoms with Crippen LogP contribution in [0, 0.1) is 5.41 Å². The Morgan fingerprint density at radius 2 is 1.76 bits per heavy atom. The lowest BCUT2D eigenvalue weighted by Gasteiger charge is -2.33. The van der Waals surface area contributed by atoms with E-state index in [1.807, 2.05) is 0 Å².